The van der Waals surface area contributed by atoms with E-state index in [-0.39, 0.29) is 6.42 Å². The monoisotopic (exact) mass is 167 g/mol. The molecule has 0 saturated heterocycles. The molecule has 1 rings (SSSR count). The van der Waals surface area contributed by atoms with Crippen LogP contribution in [-0.2, 0) is 0 Å². The predicted molar refractivity (Wildman–Crippen MR) is 47.4 cm³/mol. The van der Waals surface area contributed by atoms with Crippen LogP contribution in [0.25, 0.3) is 0 Å². The van der Waals surface area contributed by atoms with Crippen LogP contribution in [0.2, 0.25) is 0 Å². The summed E-state index contributed by atoms with van der Waals surface area (Å²) in [5, 5.41) is 18.4. The average molecular weight is 167 g/mol. The highest BCUT2D eigenvalue weighted by Gasteiger charge is 2.32. The van der Waals surface area contributed by atoms with Gasteiger partial charge in [-0.2, -0.15) is 5.26 Å². The Hall–Kier alpha value is -0.550. The van der Waals surface area contributed by atoms with Crippen LogP contribution in [0.3, 0.4) is 0 Å². The Morgan fingerprint density at radius 1 is 1.42 bits per heavy atom. The van der Waals surface area contributed by atoms with E-state index in [0.29, 0.717) is 5.92 Å². The molecule has 68 valence electrons. The molecule has 0 aromatic carbocycles. The summed E-state index contributed by atoms with van der Waals surface area (Å²) in [6.45, 7) is 1.80. The minimum absolute atomic E-state index is 0.275. The van der Waals surface area contributed by atoms with E-state index in [9.17, 15) is 5.11 Å². The molecule has 1 saturated carbocycles. The van der Waals surface area contributed by atoms with Gasteiger partial charge in [0.25, 0.3) is 0 Å². The number of nitriles is 1. The van der Waals surface area contributed by atoms with Crippen LogP contribution in [0.4, 0.5) is 0 Å². The molecular weight excluding hydrogens is 150 g/mol. The first-order valence-electron chi connectivity index (χ1n) is 4.76. The zero-order valence-corrected chi connectivity index (χ0v) is 7.71. The van der Waals surface area contributed by atoms with E-state index in [0.717, 1.165) is 12.8 Å². The molecule has 0 aromatic heterocycles. The summed E-state index contributed by atoms with van der Waals surface area (Å²) in [5.41, 5.74) is -0.741. The van der Waals surface area contributed by atoms with Crippen LogP contribution in [0, 0.1) is 17.2 Å². The molecule has 0 unspecified atom stereocenters. The van der Waals surface area contributed by atoms with Gasteiger partial charge in [0.05, 0.1) is 18.1 Å². The lowest BCUT2D eigenvalue weighted by Gasteiger charge is -2.33. The van der Waals surface area contributed by atoms with Crippen LogP contribution in [0.15, 0.2) is 0 Å². The van der Waals surface area contributed by atoms with Gasteiger partial charge < -0.3 is 5.11 Å². The zero-order valence-electron chi connectivity index (χ0n) is 7.71. The normalized spacial score (nSPS) is 24.4. The van der Waals surface area contributed by atoms with Gasteiger partial charge in [0.2, 0.25) is 0 Å². The Morgan fingerprint density at radius 3 is 2.50 bits per heavy atom. The van der Waals surface area contributed by atoms with E-state index in [4.69, 9.17) is 5.26 Å². The standard InChI is InChI=1S/C10H17NO/c1-10(12,7-8-11)9-5-3-2-4-6-9/h9,12H,2-7H2,1H3/t10-/m1/s1. The van der Waals surface area contributed by atoms with Gasteiger partial charge in [0, 0.05) is 0 Å². The van der Waals surface area contributed by atoms with Crippen molar-refractivity contribution in [3.05, 3.63) is 0 Å². The number of hydrogen-bond donors (Lipinski definition) is 1. The Balaban J connectivity index is 2.48. The fourth-order valence-corrected chi connectivity index (χ4v) is 2.03. The Bertz CT molecular complexity index is 175. The van der Waals surface area contributed by atoms with Crippen molar-refractivity contribution in [3.8, 4) is 6.07 Å². The molecule has 0 amide bonds. The number of aliphatic hydroxyl groups is 1. The Morgan fingerprint density at radius 2 is 2.00 bits per heavy atom. The second-order valence-corrected chi connectivity index (χ2v) is 4.03. The topological polar surface area (TPSA) is 44.0 Å². The third-order valence-corrected chi connectivity index (χ3v) is 2.92. The van der Waals surface area contributed by atoms with E-state index in [2.05, 4.69) is 6.07 Å². The highest BCUT2D eigenvalue weighted by Crippen LogP contribution is 2.34. The smallest absolute Gasteiger partial charge is 0.0777 e. The van der Waals surface area contributed by atoms with Crippen molar-refractivity contribution < 1.29 is 5.11 Å². The zero-order chi connectivity index (χ0) is 9.03. The second kappa shape index (κ2) is 3.91. The second-order valence-electron chi connectivity index (χ2n) is 4.03. The van der Waals surface area contributed by atoms with E-state index in [1.165, 1.54) is 19.3 Å². The lowest BCUT2D eigenvalue weighted by Crippen LogP contribution is -2.35. The fraction of sp³-hybridized carbons (Fsp3) is 0.900. The predicted octanol–water partition coefficient (Wildman–Crippen LogP) is 2.23. The highest BCUT2D eigenvalue weighted by atomic mass is 16.3. The first-order valence-corrected chi connectivity index (χ1v) is 4.76. The summed E-state index contributed by atoms with van der Waals surface area (Å²) in [5.74, 6) is 0.353. The molecule has 12 heavy (non-hydrogen) atoms. The maximum Gasteiger partial charge on any atom is 0.0777 e. The minimum atomic E-state index is -0.741. The van der Waals surface area contributed by atoms with E-state index < -0.39 is 5.60 Å². The molecule has 0 aromatic rings. The van der Waals surface area contributed by atoms with Gasteiger partial charge in [-0.25, -0.2) is 0 Å². The first-order chi connectivity index (χ1) is 5.67. The van der Waals surface area contributed by atoms with Crippen molar-refractivity contribution in [2.45, 2.75) is 51.0 Å². The molecule has 0 heterocycles. The van der Waals surface area contributed by atoms with Gasteiger partial charge in [-0.05, 0) is 25.7 Å². The molecule has 0 aliphatic heterocycles. The number of nitrogens with zero attached hydrogens (tertiary/aromatic N) is 1. The van der Waals surface area contributed by atoms with Crippen LogP contribution >= 0.6 is 0 Å². The quantitative estimate of drug-likeness (QED) is 0.685. The van der Waals surface area contributed by atoms with Gasteiger partial charge >= 0.3 is 0 Å². The molecule has 0 spiro atoms. The van der Waals surface area contributed by atoms with Crippen molar-refractivity contribution in [1.82, 2.24) is 0 Å². The first kappa shape index (κ1) is 9.54. The fourth-order valence-electron chi connectivity index (χ4n) is 2.03. The Labute approximate surface area is 74.2 Å². The van der Waals surface area contributed by atoms with Crippen molar-refractivity contribution in [3.63, 3.8) is 0 Å². The molecule has 1 aliphatic carbocycles. The van der Waals surface area contributed by atoms with Crippen molar-refractivity contribution in [1.29, 1.82) is 5.26 Å². The lowest BCUT2D eigenvalue weighted by atomic mass is 9.76. The maximum atomic E-state index is 9.92. The van der Waals surface area contributed by atoms with E-state index in [1.54, 1.807) is 6.92 Å². The molecule has 1 aliphatic rings. The Kier molecular flexibility index (Phi) is 3.11. The third-order valence-electron chi connectivity index (χ3n) is 2.92. The van der Waals surface area contributed by atoms with Gasteiger partial charge in [0.15, 0.2) is 0 Å². The third kappa shape index (κ3) is 2.22. The van der Waals surface area contributed by atoms with Crippen LogP contribution in [-0.4, -0.2) is 10.7 Å². The van der Waals surface area contributed by atoms with E-state index in [1.807, 2.05) is 0 Å². The average Bonchev–Trinajstić information content (AvgIpc) is 2.06. The number of rotatable bonds is 2. The highest BCUT2D eigenvalue weighted by molar-refractivity contribution is 4.91. The summed E-state index contributed by atoms with van der Waals surface area (Å²) in [7, 11) is 0. The summed E-state index contributed by atoms with van der Waals surface area (Å²) < 4.78 is 0. The molecule has 2 nitrogen and oxygen atoms in total. The summed E-state index contributed by atoms with van der Waals surface area (Å²) in [4.78, 5) is 0. The minimum Gasteiger partial charge on any atom is -0.389 e. The van der Waals surface area contributed by atoms with Gasteiger partial charge in [0.1, 0.15) is 0 Å². The molecule has 2 heteroatoms. The molecule has 1 atom stereocenters. The SMILES string of the molecule is C[C@@](O)(CC#N)C1CCCCC1. The van der Waals surface area contributed by atoms with Crippen molar-refractivity contribution in [2.75, 3.05) is 0 Å². The molecule has 0 radical (unpaired) electrons. The largest absolute Gasteiger partial charge is 0.389 e. The van der Waals surface area contributed by atoms with Gasteiger partial charge in [-0.1, -0.05) is 19.3 Å². The maximum absolute atomic E-state index is 9.92. The van der Waals surface area contributed by atoms with E-state index >= 15 is 0 Å². The van der Waals surface area contributed by atoms with Crippen molar-refractivity contribution >= 4 is 0 Å². The molecular formula is C10H17NO. The van der Waals surface area contributed by atoms with Gasteiger partial charge in [-0.3, -0.25) is 0 Å². The molecule has 1 fully saturated rings. The molecule has 1 N–H and O–H groups in total. The van der Waals surface area contributed by atoms with Crippen molar-refractivity contribution in [2.24, 2.45) is 5.92 Å². The van der Waals surface area contributed by atoms with Crippen LogP contribution in [0.1, 0.15) is 45.4 Å². The van der Waals surface area contributed by atoms with Crippen LogP contribution in [0.5, 0.6) is 0 Å². The van der Waals surface area contributed by atoms with Crippen LogP contribution < -0.4 is 0 Å². The number of hydrogen-bond acceptors (Lipinski definition) is 2. The summed E-state index contributed by atoms with van der Waals surface area (Å²) in [6.07, 6.45) is 6.18. The molecule has 0 bridgehead atoms. The summed E-state index contributed by atoms with van der Waals surface area (Å²) >= 11 is 0. The van der Waals surface area contributed by atoms with Gasteiger partial charge in [-0.15, -0.1) is 0 Å². The summed E-state index contributed by atoms with van der Waals surface area (Å²) in [6, 6.07) is 2.06. The lowest BCUT2D eigenvalue weighted by molar-refractivity contribution is -0.0121.